The van der Waals surface area contributed by atoms with Crippen LogP contribution in [0.2, 0.25) is 0 Å². The average molecular weight is 869 g/mol. The molecule has 0 N–H and O–H groups in total. The van der Waals surface area contributed by atoms with Gasteiger partial charge in [-0.05, 0) is 63.7 Å². The van der Waals surface area contributed by atoms with Crippen molar-refractivity contribution in [1.29, 1.82) is 0 Å². The molecule has 0 aliphatic carbocycles. The summed E-state index contributed by atoms with van der Waals surface area (Å²) in [6.45, 7) is 48.2. The quantitative estimate of drug-likeness (QED) is 0.0845. The smallest absolute Gasteiger partial charge is 0.0321 e. The number of rotatable bonds is 20. The summed E-state index contributed by atoms with van der Waals surface area (Å²) in [4.78, 5) is 0. The zero-order valence-corrected chi connectivity index (χ0v) is 45.0. The van der Waals surface area contributed by atoms with E-state index in [0.29, 0.717) is 5.38 Å². The van der Waals surface area contributed by atoms with E-state index in [1.54, 1.807) is 0 Å². The maximum absolute atomic E-state index is 5.59. The summed E-state index contributed by atoms with van der Waals surface area (Å²) in [5.74, 6) is 3.55. The van der Waals surface area contributed by atoms with Gasteiger partial charge in [-0.3, -0.25) is 0 Å². The van der Waals surface area contributed by atoms with Gasteiger partial charge in [-0.1, -0.05) is 268 Å². The fourth-order valence-electron chi connectivity index (χ4n) is 4.58. The maximum Gasteiger partial charge on any atom is 0.0321 e. The highest BCUT2D eigenvalue weighted by Crippen LogP contribution is 2.10. The zero-order chi connectivity index (χ0) is 44.6. The van der Waals surface area contributed by atoms with Gasteiger partial charge in [0, 0.05) is 16.1 Å². The molecule has 0 aliphatic heterocycles. The molecule has 0 radical (unpaired) electrons. The van der Waals surface area contributed by atoms with Crippen LogP contribution in [0.25, 0.3) is 0 Å². The van der Waals surface area contributed by atoms with E-state index < -0.39 is 0 Å². The van der Waals surface area contributed by atoms with Gasteiger partial charge in [-0.25, -0.2) is 0 Å². The Hall–Kier alpha value is 0.870. The second kappa shape index (κ2) is 87.4. The first-order chi connectivity index (χ1) is 25.2. The number of alkyl halides is 3. The first-order valence-electron chi connectivity index (χ1n) is 24.1. The van der Waals surface area contributed by atoms with Crippen molar-refractivity contribution < 1.29 is 0 Å². The molecule has 0 aromatic carbocycles. The molecule has 0 rings (SSSR count). The van der Waals surface area contributed by atoms with Gasteiger partial charge in [0.15, 0.2) is 0 Å². The van der Waals surface area contributed by atoms with E-state index in [-0.39, 0.29) is 25.6 Å². The van der Waals surface area contributed by atoms with Gasteiger partial charge < -0.3 is 0 Å². The van der Waals surface area contributed by atoms with Gasteiger partial charge in [-0.15, -0.1) is 34.8 Å². The molecule has 0 saturated carbocycles. The van der Waals surface area contributed by atoms with E-state index in [1.807, 2.05) is 20.8 Å². The third-order valence-corrected chi connectivity index (χ3v) is 7.73. The fourth-order valence-corrected chi connectivity index (χ4v) is 5.43. The van der Waals surface area contributed by atoms with E-state index in [2.05, 4.69) is 132 Å². The lowest BCUT2D eigenvalue weighted by Crippen LogP contribution is -1.99. The van der Waals surface area contributed by atoms with Crippen LogP contribution in [-0.4, -0.2) is 16.1 Å². The van der Waals surface area contributed by atoms with Crippen LogP contribution in [-0.2, 0) is 0 Å². The minimum Gasteiger partial charge on any atom is -0.123 e. The molecule has 3 heteroatoms. The Morgan fingerprint density at radius 2 is 0.536 bits per heavy atom. The lowest BCUT2D eigenvalue weighted by Gasteiger charge is -2.05. The van der Waals surface area contributed by atoms with E-state index in [1.165, 1.54) is 128 Å². The topological polar surface area (TPSA) is 0 Å². The lowest BCUT2D eigenvalue weighted by molar-refractivity contribution is 0.469. The molecule has 3 unspecified atom stereocenters. The molecule has 0 aromatic rings. The molecule has 0 spiro atoms. The molecular weight excluding hydrogens is 743 g/mol. The van der Waals surface area contributed by atoms with Crippen molar-refractivity contribution in [2.45, 2.75) is 325 Å². The van der Waals surface area contributed by atoms with Gasteiger partial charge in [0.05, 0.1) is 0 Å². The van der Waals surface area contributed by atoms with Crippen LogP contribution in [0.15, 0.2) is 0 Å². The van der Waals surface area contributed by atoms with Crippen molar-refractivity contribution in [3.05, 3.63) is 0 Å². The number of hydrogen-bond acceptors (Lipinski definition) is 0. The first-order valence-corrected chi connectivity index (χ1v) is 25.5. The van der Waals surface area contributed by atoms with Crippen LogP contribution >= 0.6 is 34.8 Å². The summed E-state index contributed by atoms with van der Waals surface area (Å²) in [6.07, 6.45) is 29.3. The SMILES string of the molecule is C.C.CC(C)CC(C)C.CC(Cl)CC(C)Cl.CCC.CCCC(C)C.CCCC(C)Cl.CCCCC.CCCCC.CCCCC.CCCCCCCC(C)C. The Kier molecular flexibility index (Phi) is 132. The van der Waals surface area contributed by atoms with E-state index in [4.69, 9.17) is 34.8 Å². The third kappa shape index (κ3) is 205. The van der Waals surface area contributed by atoms with Crippen molar-refractivity contribution in [2.24, 2.45) is 23.7 Å². The Morgan fingerprint density at radius 1 is 0.268 bits per heavy atom. The van der Waals surface area contributed by atoms with Gasteiger partial charge in [0.1, 0.15) is 0 Å². The average Bonchev–Trinajstić information content (AvgIpc) is 3.03. The van der Waals surface area contributed by atoms with Crippen LogP contribution in [0.5, 0.6) is 0 Å². The first kappa shape index (κ1) is 84.4. The third-order valence-electron chi connectivity index (χ3n) is 7.15. The van der Waals surface area contributed by atoms with Crippen LogP contribution in [0.4, 0.5) is 0 Å². The highest BCUT2D eigenvalue weighted by atomic mass is 35.5. The molecular formula is C53H125Cl3. The van der Waals surface area contributed by atoms with Crippen LogP contribution in [0.1, 0.15) is 308 Å². The molecule has 0 heterocycles. The summed E-state index contributed by atoms with van der Waals surface area (Å²) in [6, 6.07) is 0. The minimum atomic E-state index is 0. The summed E-state index contributed by atoms with van der Waals surface area (Å²) >= 11 is 16.8. The predicted octanol–water partition coefficient (Wildman–Crippen LogP) is 23.5. The molecule has 0 aliphatic rings. The van der Waals surface area contributed by atoms with Crippen molar-refractivity contribution >= 4 is 34.8 Å². The predicted molar refractivity (Wildman–Crippen MR) is 283 cm³/mol. The van der Waals surface area contributed by atoms with Gasteiger partial charge >= 0.3 is 0 Å². The molecule has 0 saturated heterocycles. The van der Waals surface area contributed by atoms with Crippen LogP contribution < -0.4 is 0 Å². The monoisotopic (exact) mass is 867 g/mol. The molecule has 0 fully saturated rings. The van der Waals surface area contributed by atoms with Crippen molar-refractivity contribution in [1.82, 2.24) is 0 Å². The van der Waals surface area contributed by atoms with Crippen molar-refractivity contribution in [2.75, 3.05) is 0 Å². The van der Waals surface area contributed by atoms with Crippen LogP contribution in [0.3, 0.4) is 0 Å². The van der Waals surface area contributed by atoms with Crippen molar-refractivity contribution in [3.63, 3.8) is 0 Å². The summed E-state index contributed by atoms with van der Waals surface area (Å²) in [5, 5.41) is 0.801. The van der Waals surface area contributed by atoms with E-state index in [9.17, 15) is 0 Å². The molecule has 0 nitrogen and oxygen atoms in total. The van der Waals surface area contributed by atoms with Gasteiger partial charge in [0.25, 0.3) is 0 Å². The lowest BCUT2D eigenvalue weighted by atomic mass is 10.0. The fraction of sp³-hybridized carbons (Fsp3) is 1.00. The number of unbranched alkanes of at least 4 members (excludes halogenated alkanes) is 10. The second-order valence-electron chi connectivity index (χ2n) is 16.9. The number of hydrogen-bond donors (Lipinski definition) is 0. The largest absolute Gasteiger partial charge is 0.123 e. The van der Waals surface area contributed by atoms with E-state index >= 15 is 0 Å². The minimum absolute atomic E-state index is 0. The molecule has 358 valence electrons. The Balaban J connectivity index is -0.0000000457. The summed E-state index contributed by atoms with van der Waals surface area (Å²) in [7, 11) is 0. The second-order valence-corrected chi connectivity index (χ2v) is 19.2. The van der Waals surface area contributed by atoms with Crippen LogP contribution in [0, 0.1) is 23.7 Å². The van der Waals surface area contributed by atoms with Gasteiger partial charge in [0.2, 0.25) is 0 Å². The Labute approximate surface area is 381 Å². The molecule has 3 atom stereocenters. The highest BCUT2D eigenvalue weighted by molar-refractivity contribution is 6.23. The Morgan fingerprint density at radius 3 is 0.625 bits per heavy atom. The number of halogens is 3. The molecule has 0 bridgehead atoms. The molecule has 0 aromatic heterocycles. The zero-order valence-electron chi connectivity index (χ0n) is 42.7. The summed E-state index contributed by atoms with van der Waals surface area (Å²) in [5.41, 5.74) is 0. The summed E-state index contributed by atoms with van der Waals surface area (Å²) < 4.78 is 0. The van der Waals surface area contributed by atoms with Crippen molar-refractivity contribution in [3.8, 4) is 0 Å². The molecule has 0 amide bonds. The van der Waals surface area contributed by atoms with E-state index in [0.717, 1.165) is 36.5 Å². The standard InChI is InChI=1S/C10H22.C7H16.C6H14.C5H10Cl2.C5H11Cl.3C5H12.C3H8.2CH4/c1-4-5-6-7-8-9-10(2)3;1-6(2)5-7(3)4;1-4-5-6(2)3;1-4(6)3-5(2)7;1-3-4-5(2)6;3*1-3-5-4-2;1-3-2;;/h10H,4-9H2,1-3H3;6-7H,5H2,1-4H3;6H,4-5H2,1-3H3;4-5H,3H2,1-2H3;5H,3-4H2,1-2H3;3*3-5H2,1-2H3;3H2,1-2H3;2*1H4. The Bertz CT molecular complexity index is 413. The highest BCUT2D eigenvalue weighted by Gasteiger charge is 2.00. The normalized spacial score (nSPS) is 10.9. The van der Waals surface area contributed by atoms with Gasteiger partial charge in [-0.2, -0.15) is 0 Å². The molecule has 56 heavy (non-hydrogen) atoms. The maximum atomic E-state index is 5.59.